The summed E-state index contributed by atoms with van der Waals surface area (Å²) in [6.07, 6.45) is 1.67. The Balaban J connectivity index is 2.60. The molecular weight excluding hydrogens is 200 g/mol. The van der Waals surface area contributed by atoms with Gasteiger partial charge in [-0.3, -0.25) is 0 Å². The quantitative estimate of drug-likeness (QED) is 0.778. The van der Waals surface area contributed by atoms with Crippen LogP contribution in [0.25, 0.3) is 5.82 Å². The van der Waals surface area contributed by atoms with Crippen LogP contribution in [0.3, 0.4) is 0 Å². The molecule has 72 valence electrons. The Morgan fingerprint density at radius 3 is 2.86 bits per heavy atom. The largest absolute Gasteiger partial charge is 0.382 e. The van der Waals surface area contributed by atoms with Crippen molar-refractivity contribution in [3.05, 3.63) is 35.1 Å². The summed E-state index contributed by atoms with van der Waals surface area (Å²) in [5.74, 6) is 1.06. The number of aromatic nitrogens is 3. The first-order chi connectivity index (χ1) is 6.68. The van der Waals surface area contributed by atoms with Crippen molar-refractivity contribution in [2.75, 3.05) is 5.73 Å². The Morgan fingerprint density at radius 2 is 2.29 bits per heavy atom. The number of nitrogens with two attached hydrogens (primary N) is 1. The van der Waals surface area contributed by atoms with Crippen molar-refractivity contribution in [3.63, 3.8) is 0 Å². The number of nitrogen functional groups attached to an aromatic ring is 1. The Hall–Kier alpha value is -1.55. The van der Waals surface area contributed by atoms with Gasteiger partial charge >= 0.3 is 0 Å². The number of aryl methyl sites for hydroxylation is 1. The Labute approximate surface area is 86.3 Å². The third-order valence-electron chi connectivity index (χ3n) is 1.85. The van der Waals surface area contributed by atoms with Crippen LogP contribution in [0.4, 0.5) is 5.82 Å². The first-order valence-corrected chi connectivity index (χ1v) is 4.49. The van der Waals surface area contributed by atoms with Crippen molar-refractivity contribution < 1.29 is 0 Å². The van der Waals surface area contributed by atoms with Crippen LogP contribution in [-0.2, 0) is 0 Å². The van der Waals surface area contributed by atoms with E-state index in [0.29, 0.717) is 16.7 Å². The molecule has 2 aromatic rings. The highest BCUT2D eigenvalue weighted by atomic mass is 35.5. The van der Waals surface area contributed by atoms with Crippen molar-refractivity contribution in [1.82, 2.24) is 14.8 Å². The van der Waals surface area contributed by atoms with Crippen LogP contribution in [0.1, 0.15) is 5.69 Å². The van der Waals surface area contributed by atoms with Gasteiger partial charge in [-0.05, 0) is 19.1 Å². The van der Waals surface area contributed by atoms with Gasteiger partial charge in [-0.2, -0.15) is 0 Å². The second kappa shape index (κ2) is 3.31. The van der Waals surface area contributed by atoms with Gasteiger partial charge < -0.3 is 5.73 Å². The van der Waals surface area contributed by atoms with Crippen LogP contribution in [0.2, 0.25) is 5.02 Å². The highest BCUT2D eigenvalue weighted by molar-refractivity contribution is 6.32. The molecule has 0 unspecified atom stereocenters. The van der Waals surface area contributed by atoms with Gasteiger partial charge in [0.2, 0.25) is 0 Å². The summed E-state index contributed by atoms with van der Waals surface area (Å²) < 4.78 is 1.62. The second-order valence-corrected chi connectivity index (χ2v) is 3.34. The SMILES string of the molecule is Cc1cc(N)nn1-c1ncccc1Cl. The maximum absolute atomic E-state index is 5.98. The lowest BCUT2D eigenvalue weighted by Gasteiger charge is -2.03. The van der Waals surface area contributed by atoms with Crippen LogP contribution in [-0.4, -0.2) is 14.8 Å². The van der Waals surface area contributed by atoms with Gasteiger partial charge in [0.05, 0.1) is 5.02 Å². The lowest BCUT2D eigenvalue weighted by Crippen LogP contribution is -2.02. The first-order valence-electron chi connectivity index (χ1n) is 4.11. The van der Waals surface area contributed by atoms with E-state index in [1.54, 1.807) is 29.1 Å². The number of rotatable bonds is 1. The van der Waals surface area contributed by atoms with Gasteiger partial charge in [-0.1, -0.05) is 11.6 Å². The number of halogens is 1. The fraction of sp³-hybridized carbons (Fsp3) is 0.111. The van der Waals surface area contributed by atoms with Gasteiger partial charge in [-0.15, -0.1) is 5.10 Å². The molecule has 0 bridgehead atoms. The maximum atomic E-state index is 5.98. The van der Waals surface area contributed by atoms with Gasteiger partial charge in [0.15, 0.2) is 5.82 Å². The van der Waals surface area contributed by atoms with Crippen molar-refractivity contribution in [2.45, 2.75) is 6.92 Å². The predicted molar refractivity (Wildman–Crippen MR) is 55.5 cm³/mol. The van der Waals surface area contributed by atoms with Gasteiger partial charge in [0.1, 0.15) is 5.82 Å². The number of nitrogens with zero attached hydrogens (tertiary/aromatic N) is 3. The fourth-order valence-electron chi connectivity index (χ4n) is 1.25. The minimum absolute atomic E-state index is 0.462. The zero-order valence-corrected chi connectivity index (χ0v) is 8.36. The lowest BCUT2D eigenvalue weighted by atomic mass is 10.4. The molecule has 0 radical (unpaired) electrons. The molecule has 0 aliphatic heterocycles. The maximum Gasteiger partial charge on any atom is 0.172 e. The van der Waals surface area contributed by atoms with E-state index in [-0.39, 0.29) is 0 Å². The van der Waals surface area contributed by atoms with E-state index in [4.69, 9.17) is 17.3 Å². The third-order valence-corrected chi connectivity index (χ3v) is 2.14. The van der Waals surface area contributed by atoms with Crippen LogP contribution in [0, 0.1) is 6.92 Å². The zero-order valence-electron chi connectivity index (χ0n) is 7.61. The zero-order chi connectivity index (χ0) is 10.1. The molecule has 0 aliphatic carbocycles. The normalized spacial score (nSPS) is 10.4. The van der Waals surface area contributed by atoms with E-state index in [2.05, 4.69) is 10.1 Å². The standard InChI is InChI=1S/C9H9ClN4/c1-6-5-8(11)13-14(6)9-7(10)3-2-4-12-9/h2-5H,1H3,(H2,11,13). The molecule has 0 saturated heterocycles. The molecule has 0 atom stereocenters. The molecule has 0 amide bonds. The number of pyridine rings is 1. The van der Waals surface area contributed by atoms with Crippen LogP contribution in [0.5, 0.6) is 0 Å². The summed E-state index contributed by atoms with van der Waals surface area (Å²) >= 11 is 5.98. The molecule has 0 aromatic carbocycles. The summed E-state index contributed by atoms with van der Waals surface area (Å²) in [5.41, 5.74) is 6.47. The van der Waals surface area contributed by atoms with Crippen molar-refractivity contribution >= 4 is 17.4 Å². The minimum Gasteiger partial charge on any atom is -0.382 e. The summed E-state index contributed by atoms with van der Waals surface area (Å²) in [7, 11) is 0. The van der Waals surface area contributed by atoms with Crippen molar-refractivity contribution in [2.24, 2.45) is 0 Å². The van der Waals surface area contributed by atoms with Gasteiger partial charge in [0, 0.05) is 18.0 Å². The molecule has 0 spiro atoms. The van der Waals surface area contributed by atoms with Crippen molar-refractivity contribution in [1.29, 1.82) is 0 Å². The van der Waals surface area contributed by atoms with E-state index < -0.39 is 0 Å². The average molecular weight is 209 g/mol. The van der Waals surface area contributed by atoms with Crippen LogP contribution >= 0.6 is 11.6 Å². The summed E-state index contributed by atoms with van der Waals surface area (Å²) in [5, 5.41) is 4.64. The molecule has 2 heterocycles. The van der Waals surface area contributed by atoms with E-state index in [1.807, 2.05) is 6.92 Å². The van der Waals surface area contributed by atoms with E-state index >= 15 is 0 Å². The number of anilines is 1. The molecule has 5 heteroatoms. The molecule has 0 aliphatic rings. The van der Waals surface area contributed by atoms with Crippen molar-refractivity contribution in [3.8, 4) is 5.82 Å². The molecular formula is C9H9ClN4. The molecule has 2 aromatic heterocycles. The van der Waals surface area contributed by atoms with Crippen LogP contribution < -0.4 is 5.73 Å². The molecule has 0 fully saturated rings. The topological polar surface area (TPSA) is 56.7 Å². The molecule has 2 rings (SSSR count). The number of hydrogen-bond acceptors (Lipinski definition) is 3. The molecule has 14 heavy (non-hydrogen) atoms. The van der Waals surface area contributed by atoms with Gasteiger partial charge in [-0.25, -0.2) is 9.67 Å². The van der Waals surface area contributed by atoms with Gasteiger partial charge in [0.25, 0.3) is 0 Å². The fourth-order valence-corrected chi connectivity index (χ4v) is 1.45. The molecule has 2 N–H and O–H groups in total. The smallest absolute Gasteiger partial charge is 0.172 e. The Morgan fingerprint density at radius 1 is 1.50 bits per heavy atom. The monoisotopic (exact) mass is 208 g/mol. The average Bonchev–Trinajstić information content (AvgIpc) is 2.46. The summed E-state index contributed by atoms with van der Waals surface area (Å²) in [6, 6.07) is 5.31. The number of hydrogen-bond donors (Lipinski definition) is 1. The Bertz CT molecular complexity index is 464. The summed E-state index contributed by atoms with van der Waals surface area (Å²) in [4.78, 5) is 4.14. The first kappa shape index (κ1) is 9.02. The Kier molecular flexibility index (Phi) is 2.13. The predicted octanol–water partition coefficient (Wildman–Crippen LogP) is 1.81. The second-order valence-electron chi connectivity index (χ2n) is 2.93. The minimum atomic E-state index is 0.462. The molecule has 4 nitrogen and oxygen atoms in total. The highest BCUT2D eigenvalue weighted by Crippen LogP contribution is 2.18. The van der Waals surface area contributed by atoms with Crippen LogP contribution in [0.15, 0.2) is 24.4 Å². The third kappa shape index (κ3) is 1.44. The lowest BCUT2D eigenvalue weighted by molar-refractivity contribution is 0.821. The highest BCUT2D eigenvalue weighted by Gasteiger charge is 2.07. The van der Waals surface area contributed by atoms with E-state index in [1.165, 1.54) is 0 Å². The van der Waals surface area contributed by atoms with E-state index in [0.717, 1.165) is 5.69 Å². The molecule has 0 saturated carbocycles. The van der Waals surface area contributed by atoms with E-state index in [9.17, 15) is 0 Å². The summed E-state index contributed by atoms with van der Waals surface area (Å²) in [6.45, 7) is 1.90.